The van der Waals surface area contributed by atoms with Gasteiger partial charge in [0.2, 0.25) is 0 Å². The lowest BCUT2D eigenvalue weighted by atomic mass is 10.2. The highest BCUT2D eigenvalue weighted by Crippen LogP contribution is 2.06. The number of aromatic nitrogens is 1. The predicted octanol–water partition coefficient (Wildman–Crippen LogP) is 1.95. The van der Waals surface area contributed by atoms with E-state index < -0.39 is 0 Å². The molecule has 0 saturated heterocycles. The molecular formula is C11H16N2O. The average molecular weight is 192 g/mol. The van der Waals surface area contributed by atoms with Crippen molar-refractivity contribution in [2.75, 3.05) is 6.54 Å². The van der Waals surface area contributed by atoms with Gasteiger partial charge in [-0.1, -0.05) is 0 Å². The summed E-state index contributed by atoms with van der Waals surface area (Å²) in [5.74, 6) is 0.0515. The third kappa shape index (κ3) is 2.31. The molecule has 0 saturated carbocycles. The van der Waals surface area contributed by atoms with Gasteiger partial charge in [0.25, 0.3) is 5.91 Å². The Morgan fingerprint density at radius 2 is 2.29 bits per heavy atom. The fraction of sp³-hybridized carbons (Fsp3) is 0.455. The average Bonchev–Trinajstić information content (AvgIpc) is 2.19. The molecular weight excluding hydrogens is 176 g/mol. The van der Waals surface area contributed by atoms with Crippen molar-refractivity contribution < 1.29 is 4.79 Å². The molecule has 0 aromatic carbocycles. The number of hydrogen-bond acceptors (Lipinski definition) is 2. The van der Waals surface area contributed by atoms with Crippen LogP contribution in [-0.4, -0.2) is 28.4 Å². The maximum absolute atomic E-state index is 11.9. The minimum atomic E-state index is 0.0515. The maximum atomic E-state index is 11.9. The largest absolute Gasteiger partial charge is 0.336 e. The molecule has 0 aliphatic rings. The first kappa shape index (κ1) is 10.7. The van der Waals surface area contributed by atoms with E-state index in [0.717, 1.165) is 6.54 Å². The van der Waals surface area contributed by atoms with Crippen LogP contribution in [0.1, 0.15) is 31.1 Å². The zero-order valence-corrected chi connectivity index (χ0v) is 8.90. The summed E-state index contributed by atoms with van der Waals surface area (Å²) in [6.07, 6.45) is 3.27. The summed E-state index contributed by atoms with van der Waals surface area (Å²) in [4.78, 5) is 17.7. The number of rotatable bonds is 3. The molecule has 0 N–H and O–H groups in total. The van der Waals surface area contributed by atoms with E-state index in [1.807, 2.05) is 25.7 Å². The van der Waals surface area contributed by atoms with Crippen molar-refractivity contribution in [1.29, 1.82) is 0 Å². The van der Waals surface area contributed by atoms with Crippen LogP contribution in [-0.2, 0) is 0 Å². The Hall–Kier alpha value is -1.38. The van der Waals surface area contributed by atoms with Crippen LogP contribution in [0.4, 0.5) is 0 Å². The summed E-state index contributed by atoms with van der Waals surface area (Å²) in [5, 5.41) is 0. The Kier molecular flexibility index (Phi) is 3.63. The molecule has 1 aromatic heterocycles. The van der Waals surface area contributed by atoms with Crippen LogP contribution in [0.2, 0.25) is 0 Å². The Labute approximate surface area is 84.8 Å². The molecule has 0 aliphatic heterocycles. The van der Waals surface area contributed by atoms with Crippen LogP contribution in [0, 0.1) is 0 Å². The molecule has 3 nitrogen and oxygen atoms in total. The second-order valence-corrected chi connectivity index (χ2v) is 3.43. The molecule has 1 heterocycles. The lowest BCUT2D eigenvalue weighted by molar-refractivity contribution is 0.0716. The number of amides is 1. The Balaban J connectivity index is 2.84. The molecule has 1 rings (SSSR count). The molecule has 3 heteroatoms. The van der Waals surface area contributed by atoms with Crippen molar-refractivity contribution in [3.63, 3.8) is 0 Å². The van der Waals surface area contributed by atoms with Gasteiger partial charge in [-0.2, -0.15) is 0 Å². The molecule has 0 atom stereocenters. The second-order valence-electron chi connectivity index (χ2n) is 3.43. The van der Waals surface area contributed by atoms with Crippen LogP contribution in [0.5, 0.6) is 0 Å². The monoisotopic (exact) mass is 192 g/mol. The molecule has 1 aromatic rings. The van der Waals surface area contributed by atoms with E-state index in [1.165, 1.54) is 0 Å². The van der Waals surface area contributed by atoms with Gasteiger partial charge in [0, 0.05) is 25.0 Å². The van der Waals surface area contributed by atoms with E-state index in [-0.39, 0.29) is 11.9 Å². The summed E-state index contributed by atoms with van der Waals surface area (Å²) in [6, 6.07) is 3.80. The van der Waals surface area contributed by atoms with Crippen LogP contribution in [0.15, 0.2) is 24.5 Å². The van der Waals surface area contributed by atoms with Gasteiger partial charge in [-0.15, -0.1) is 0 Å². The van der Waals surface area contributed by atoms with E-state index in [9.17, 15) is 4.79 Å². The molecule has 76 valence electrons. The van der Waals surface area contributed by atoms with Gasteiger partial charge in [0.05, 0.1) is 5.56 Å². The highest BCUT2D eigenvalue weighted by molar-refractivity contribution is 5.94. The standard InChI is InChI=1S/C11H16N2O/c1-4-13(9(2)3)11(14)10-6-5-7-12-8-10/h5-9H,4H2,1-3H3. The summed E-state index contributed by atoms with van der Waals surface area (Å²) >= 11 is 0. The summed E-state index contributed by atoms with van der Waals surface area (Å²) < 4.78 is 0. The van der Waals surface area contributed by atoms with Crippen LogP contribution < -0.4 is 0 Å². The number of hydrogen-bond donors (Lipinski definition) is 0. The normalized spacial score (nSPS) is 10.3. The fourth-order valence-electron chi connectivity index (χ4n) is 1.40. The third-order valence-electron chi connectivity index (χ3n) is 2.13. The van der Waals surface area contributed by atoms with E-state index in [2.05, 4.69) is 4.98 Å². The summed E-state index contributed by atoms with van der Waals surface area (Å²) in [6.45, 7) is 6.73. The molecule has 0 unspecified atom stereocenters. The number of carbonyl (C=O) groups is 1. The van der Waals surface area contributed by atoms with Crippen LogP contribution in [0.3, 0.4) is 0 Å². The van der Waals surface area contributed by atoms with Crippen molar-refractivity contribution in [3.05, 3.63) is 30.1 Å². The maximum Gasteiger partial charge on any atom is 0.255 e. The fourth-order valence-corrected chi connectivity index (χ4v) is 1.40. The molecule has 0 aliphatic carbocycles. The van der Waals surface area contributed by atoms with Crippen molar-refractivity contribution in [2.45, 2.75) is 26.8 Å². The third-order valence-corrected chi connectivity index (χ3v) is 2.13. The topological polar surface area (TPSA) is 33.2 Å². The highest BCUT2D eigenvalue weighted by Gasteiger charge is 2.16. The Bertz CT molecular complexity index is 295. The summed E-state index contributed by atoms with van der Waals surface area (Å²) in [7, 11) is 0. The van der Waals surface area contributed by atoms with E-state index in [1.54, 1.807) is 24.5 Å². The first-order valence-corrected chi connectivity index (χ1v) is 4.87. The highest BCUT2D eigenvalue weighted by atomic mass is 16.2. The lowest BCUT2D eigenvalue weighted by Gasteiger charge is -2.24. The van der Waals surface area contributed by atoms with Gasteiger partial charge >= 0.3 is 0 Å². The lowest BCUT2D eigenvalue weighted by Crippen LogP contribution is -2.36. The van der Waals surface area contributed by atoms with Gasteiger partial charge in [-0.3, -0.25) is 9.78 Å². The van der Waals surface area contributed by atoms with Gasteiger partial charge in [0.1, 0.15) is 0 Å². The molecule has 0 bridgehead atoms. The summed E-state index contributed by atoms with van der Waals surface area (Å²) in [5.41, 5.74) is 0.656. The SMILES string of the molecule is CCN(C(=O)c1cccnc1)C(C)C. The van der Waals surface area contributed by atoms with E-state index in [0.29, 0.717) is 5.56 Å². The van der Waals surface area contributed by atoms with Crippen molar-refractivity contribution in [2.24, 2.45) is 0 Å². The first-order chi connectivity index (χ1) is 6.66. The first-order valence-electron chi connectivity index (χ1n) is 4.87. The minimum Gasteiger partial charge on any atom is -0.336 e. The molecule has 0 radical (unpaired) electrons. The van der Waals surface area contributed by atoms with Crippen molar-refractivity contribution in [3.8, 4) is 0 Å². The molecule has 0 fully saturated rings. The van der Waals surface area contributed by atoms with Gasteiger partial charge in [-0.05, 0) is 32.9 Å². The zero-order valence-electron chi connectivity index (χ0n) is 8.90. The van der Waals surface area contributed by atoms with Crippen molar-refractivity contribution >= 4 is 5.91 Å². The quantitative estimate of drug-likeness (QED) is 0.733. The number of pyridine rings is 1. The predicted molar refractivity (Wildman–Crippen MR) is 56.1 cm³/mol. The van der Waals surface area contributed by atoms with Crippen LogP contribution >= 0.6 is 0 Å². The zero-order chi connectivity index (χ0) is 10.6. The van der Waals surface area contributed by atoms with Gasteiger partial charge in [-0.25, -0.2) is 0 Å². The van der Waals surface area contributed by atoms with Crippen molar-refractivity contribution in [1.82, 2.24) is 9.88 Å². The minimum absolute atomic E-state index is 0.0515. The Morgan fingerprint density at radius 1 is 1.57 bits per heavy atom. The second kappa shape index (κ2) is 4.74. The number of carbonyl (C=O) groups excluding carboxylic acids is 1. The number of nitrogens with zero attached hydrogens (tertiary/aromatic N) is 2. The van der Waals surface area contributed by atoms with Gasteiger partial charge in [0.15, 0.2) is 0 Å². The van der Waals surface area contributed by atoms with E-state index in [4.69, 9.17) is 0 Å². The smallest absolute Gasteiger partial charge is 0.255 e. The van der Waals surface area contributed by atoms with Gasteiger partial charge < -0.3 is 4.90 Å². The molecule has 0 spiro atoms. The van der Waals surface area contributed by atoms with Crippen LogP contribution in [0.25, 0.3) is 0 Å². The molecule has 14 heavy (non-hydrogen) atoms. The molecule has 1 amide bonds. The Morgan fingerprint density at radius 3 is 2.71 bits per heavy atom. The van der Waals surface area contributed by atoms with E-state index >= 15 is 0 Å².